The van der Waals surface area contributed by atoms with Crippen molar-refractivity contribution < 1.29 is 9.16 Å². The van der Waals surface area contributed by atoms with Crippen LogP contribution in [0, 0.1) is 0 Å². The van der Waals surface area contributed by atoms with Crippen molar-refractivity contribution in [2.75, 3.05) is 6.61 Å². The average Bonchev–Trinajstić information content (AvgIpc) is 2.47. The molecule has 0 amide bonds. The summed E-state index contributed by atoms with van der Waals surface area (Å²) in [5.74, 6) is 0. The van der Waals surface area contributed by atoms with Crippen LogP contribution in [-0.2, 0) is 9.16 Å². The highest BCUT2D eigenvalue weighted by Gasteiger charge is 2.47. The Hall–Kier alpha value is -1.16. The summed E-state index contributed by atoms with van der Waals surface area (Å²) in [5.41, 5.74) is 0.535. The van der Waals surface area contributed by atoms with Crippen LogP contribution in [0.2, 0.25) is 18.1 Å². The zero-order chi connectivity index (χ0) is 16.4. The molecule has 120 valence electrons. The van der Waals surface area contributed by atoms with E-state index >= 15 is 0 Å². The van der Waals surface area contributed by atoms with E-state index in [9.17, 15) is 0 Å². The van der Waals surface area contributed by atoms with Gasteiger partial charge in [0.15, 0.2) is 8.32 Å². The van der Waals surface area contributed by atoms with Crippen LogP contribution >= 0.6 is 0 Å². The van der Waals surface area contributed by atoms with Crippen LogP contribution in [-0.4, -0.2) is 20.5 Å². The maximum atomic E-state index is 6.76. The number of hydrogen-bond acceptors (Lipinski definition) is 2. The van der Waals surface area contributed by atoms with E-state index in [-0.39, 0.29) is 11.1 Å². The van der Waals surface area contributed by atoms with Gasteiger partial charge in [-0.25, -0.2) is 0 Å². The fourth-order valence-corrected chi connectivity index (χ4v) is 3.93. The van der Waals surface area contributed by atoms with Crippen LogP contribution in [0.5, 0.6) is 0 Å². The van der Waals surface area contributed by atoms with Crippen molar-refractivity contribution in [1.82, 2.24) is 0 Å². The third kappa shape index (κ3) is 3.27. The molecule has 1 aliphatic heterocycles. The van der Waals surface area contributed by atoms with Gasteiger partial charge in [-0.05, 0) is 29.8 Å². The summed E-state index contributed by atoms with van der Waals surface area (Å²) < 4.78 is 12.8. The van der Waals surface area contributed by atoms with Crippen molar-refractivity contribution in [1.29, 1.82) is 0 Å². The van der Waals surface area contributed by atoms with Crippen molar-refractivity contribution in [3.8, 4) is 0 Å². The minimum Gasteiger partial charge on any atom is -0.402 e. The number of benzene rings is 1. The zero-order valence-corrected chi connectivity index (χ0v) is 15.4. The van der Waals surface area contributed by atoms with E-state index in [1.54, 1.807) is 0 Å². The van der Waals surface area contributed by atoms with Crippen LogP contribution in [0.1, 0.15) is 32.4 Å². The van der Waals surface area contributed by atoms with Gasteiger partial charge in [-0.3, -0.25) is 0 Å². The molecule has 0 saturated heterocycles. The predicted octanol–water partition coefficient (Wildman–Crippen LogP) is 5.26. The minimum atomic E-state index is -1.96. The fraction of sp³-hybridized carbons (Fsp3) is 0.474. The van der Waals surface area contributed by atoms with E-state index in [1.165, 1.54) is 0 Å². The monoisotopic (exact) mass is 316 g/mol. The van der Waals surface area contributed by atoms with E-state index in [1.807, 2.05) is 30.4 Å². The van der Waals surface area contributed by atoms with E-state index in [0.29, 0.717) is 6.61 Å². The standard InChI is InChI=1S/C19H28O2Si/c1-7-19(21-22(5,6)18(2,3)4)14-11-15-20-17(19)16-12-9-8-10-13-16/h7-14,17H,1,15H2,2-6H3/t17-,19+/m0/s1. The first-order valence-corrected chi connectivity index (χ1v) is 10.8. The van der Waals surface area contributed by atoms with Gasteiger partial charge in [0.1, 0.15) is 11.7 Å². The molecule has 0 aliphatic carbocycles. The Labute approximate surface area is 136 Å². The highest BCUT2D eigenvalue weighted by atomic mass is 28.4. The first-order chi connectivity index (χ1) is 10.2. The van der Waals surface area contributed by atoms with E-state index < -0.39 is 13.9 Å². The largest absolute Gasteiger partial charge is 0.402 e. The average molecular weight is 317 g/mol. The Balaban J connectivity index is 2.43. The van der Waals surface area contributed by atoms with Gasteiger partial charge in [-0.1, -0.05) is 69.8 Å². The number of hydrogen-bond donors (Lipinski definition) is 0. The molecule has 0 N–H and O–H groups in total. The molecule has 0 bridgehead atoms. The Morgan fingerprint density at radius 3 is 2.45 bits per heavy atom. The summed E-state index contributed by atoms with van der Waals surface area (Å²) in [4.78, 5) is 0. The fourth-order valence-electron chi connectivity index (χ4n) is 2.49. The molecule has 1 aliphatic rings. The zero-order valence-electron chi connectivity index (χ0n) is 14.4. The molecule has 0 unspecified atom stereocenters. The van der Waals surface area contributed by atoms with Crippen LogP contribution in [0.25, 0.3) is 0 Å². The van der Waals surface area contributed by atoms with Gasteiger partial charge in [-0.2, -0.15) is 0 Å². The first-order valence-electron chi connectivity index (χ1n) is 7.90. The van der Waals surface area contributed by atoms with Crippen LogP contribution in [0.3, 0.4) is 0 Å². The Morgan fingerprint density at radius 2 is 1.91 bits per heavy atom. The van der Waals surface area contributed by atoms with Crippen molar-refractivity contribution in [3.63, 3.8) is 0 Å². The molecular weight excluding hydrogens is 288 g/mol. The van der Waals surface area contributed by atoms with Gasteiger partial charge in [-0.15, -0.1) is 0 Å². The molecule has 1 heterocycles. The topological polar surface area (TPSA) is 18.5 Å². The lowest BCUT2D eigenvalue weighted by molar-refractivity contribution is -0.0517. The molecule has 22 heavy (non-hydrogen) atoms. The molecule has 2 atom stereocenters. The Bertz CT molecular complexity index is 542. The molecule has 0 aromatic heterocycles. The highest BCUT2D eigenvalue weighted by Crippen LogP contribution is 2.45. The second-order valence-corrected chi connectivity index (χ2v) is 12.2. The highest BCUT2D eigenvalue weighted by molar-refractivity contribution is 6.74. The molecule has 2 nitrogen and oxygen atoms in total. The van der Waals surface area contributed by atoms with E-state index in [4.69, 9.17) is 9.16 Å². The SMILES string of the molecule is C=C[C@@]1(O[Si](C)(C)C(C)(C)C)C=CCO[C@H]1c1ccccc1. The first kappa shape index (κ1) is 17.2. The smallest absolute Gasteiger partial charge is 0.193 e. The minimum absolute atomic E-state index is 0.134. The summed E-state index contributed by atoms with van der Waals surface area (Å²) in [6.45, 7) is 16.0. The molecule has 0 fully saturated rings. The lowest BCUT2D eigenvalue weighted by atomic mass is 9.89. The maximum absolute atomic E-state index is 6.76. The van der Waals surface area contributed by atoms with Gasteiger partial charge in [0.05, 0.1) is 6.61 Å². The van der Waals surface area contributed by atoms with Gasteiger partial charge in [0.25, 0.3) is 0 Å². The quantitative estimate of drug-likeness (QED) is 0.557. The predicted molar refractivity (Wildman–Crippen MR) is 95.5 cm³/mol. The normalized spacial score (nSPS) is 26.0. The lowest BCUT2D eigenvalue weighted by Gasteiger charge is -2.47. The summed E-state index contributed by atoms with van der Waals surface area (Å²) in [7, 11) is -1.96. The van der Waals surface area contributed by atoms with Crippen LogP contribution in [0.4, 0.5) is 0 Å². The number of rotatable bonds is 4. The van der Waals surface area contributed by atoms with Gasteiger partial charge < -0.3 is 9.16 Å². The molecule has 0 radical (unpaired) electrons. The molecule has 3 heteroatoms. The van der Waals surface area contributed by atoms with Gasteiger partial charge in [0.2, 0.25) is 0 Å². The van der Waals surface area contributed by atoms with E-state index in [2.05, 4.69) is 58.7 Å². The maximum Gasteiger partial charge on any atom is 0.193 e. The number of ether oxygens (including phenoxy) is 1. The Kier molecular flexibility index (Phi) is 4.80. The molecule has 0 spiro atoms. The molecule has 1 aromatic carbocycles. The van der Waals surface area contributed by atoms with Gasteiger partial charge in [0, 0.05) is 0 Å². The van der Waals surface area contributed by atoms with Crippen molar-refractivity contribution >= 4 is 8.32 Å². The third-order valence-corrected chi connectivity index (χ3v) is 9.28. The van der Waals surface area contributed by atoms with Crippen LogP contribution in [0.15, 0.2) is 55.1 Å². The summed E-state index contributed by atoms with van der Waals surface area (Å²) in [6.07, 6.45) is 5.92. The Morgan fingerprint density at radius 1 is 1.27 bits per heavy atom. The lowest BCUT2D eigenvalue weighted by Crippen LogP contribution is -2.52. The van der Waals surface area contributed by atoms with Crippen molar-refractivity contribution in [3.05, 3.63) is 60.7 Å². The van der Waals surface area contributed by atoms with Crippen molar-refractivity contribution in [2.45, 2.75) is 50.6 Å². The molecule has 1 aromatic rings. The van der Waals surface area contributed by atoms with Crippen LogP contribution < -0.4 is 0 Å². The summed E-state index contributed by atoms with van der Waals surface area (Å²) in [5, 5.41) is 0.134. The second-order valence-electron chi connectivity index (χ2n) is 7.45. The third-order valence-electron chi connectivity index (χ3n) is 4.81. The molecular formula is C19H28O2Si. The second kappa shape index (κ2) is 6.15. The summed E-state index contributed by atoms with van der Waals surface area (Å²) in [6, 6.07) is 10.3. The molecule has 2 rings (SSSR count). The summed E-state index contributed by atoms with van der Waals surface area (Å²) >= 11 is 0. The van der Waals surface area contributed by atoms with Crippen molar-refractivity contribution in [2.24, 2.45) is 0 Å². The van der Waals surface area contributed by atoms with E-state index in [0.717, 1.165) is 5.56 Å². The molecule has 0 saturated carbocycles. The van der Waals surface area contributed by atoms with Gasteiger partial charge >= 0.3 is 0 Å².